The molecule has 2 aromatic rings. The van der Waals surface area contributed by atoms with Crippen LogP contribution < -0.4 is 0 Å². The van der Waals surface area contributed by atoms with Crippen molar-refractivity contribution in [3.05, 3.63) is 66.0 Å². The van der Waals surface area contributed by atoms with Gasteiger partial charge in [0.2, 0.25) is 0 Å². The van der Waals surface area contributed by atoms with Crippen LogP contribution in [0.2, 0.25) is 0 Å². The summed E-state index contributed by atoms with van der Waals surface area (Å²) in [6.45, 7) is 0.669. The van der Waals surface area contributed by atoms with E-state index in [0.29, 0.717) is 12.1 Å². The molecular formula is C14H13NO2. The van der Waals surface area contributed by atoms with Crippen molar-refractivity contribution >= 4 is 12.0 Å². The first-order valence-corrected chi connectivity index (χ1v) is 5.36. The standard InChI is InChI=1S/C14H13NO2/c16-14(17)13-8-10-15(11-13)9-4-7-12-5-2-1-3-6-12/h1-8,10-11H,9H2,(H,16,17)/b7-4+. The van der Waals surface area contributed by atoms with Gasteiger partial charge in [0.15, 0.2) is 0 Å². The molecule has 1 aromatic heterocycles. The molecule has 3 heteroatoms. The van der Waals surface area contributed by atoms with Crippen LogP contribution in [-0.2, 0) is 6.54 Å². The Hall–Kier alpha value is -2.29. The van der Waals surface area contributed by atoms with Crippen LogP contribution in [0, 0.1) is 0 Å². The zero-order valence-electron chi connectivity index (χ0n) is 9.28. The number of allylic oxidation sites excluding steroid dienone is 1. The van der Waals surface area contributed by atoms with Gasteiger partial charge in [0.05, 0.1) is 5.56 Å². The Morgan fingerprint density at radius 2 is 2.00 bits per heavy atom. The van der Waals surface area contributed by atoms with Crippen LogP contribution >= 0.6 is 0 Å². The molecule has 17 heavy (non-hydrogen) atoms. The van der Waals surface area contributed by atoms with Gasteiger partial charge in [-0.25, -0.2) is 4.79 Å². The minimum Gasteiger partial charge on any atom is -0.478 e. The predicted molar refractivity (Wildman–Crippen MR) is 66.9 cm³/mol. The molecule has 2 rings (SSSR count). The van der Waals surface area contributed by atoms with E-state index in [2.05, 4.69) is 0 Å². The Morgan fingerprint density at radius 3 is 2.65 bits per heavy atom. The van der Waals surface area contributed by atoms with Crippen LogP contribution in [0.25, 0.3) is 6.08 Å². The second-order valence-electron chi connectivity index (χ2n) is 3.72. The van der Waals surface area contributed by atoms with Gasteiger partial charge >= 0.3 is 5.97 Å². The van der Waals surface area contributed by atoms with Gasteiger partial charge in [0.25, 0.3) is 0 Å². The second-order valence-corrected chi connectivity index (χ2v) is 3.72. The number of benzene rings is 1. The molecule has 0 spiro atoms. The Balaban J connectivity index is 1.98. The average molecular weight is 227 g/mol. The van der Waals surface area contributed by atoms with E-state index >= 15 is 0 Å². The molecule has 0 saturated heterocycles. The van der Waals surface area contributed by atoms with Crippen molar-refractivity contribution in [2.45, 2.75) is 6.54 Å². The molecule has 1 aromatic carbocycles. The largest absolute Gasteiger partial charge is 0.478 e. The van der Waals surface area contributed by atoms with Gasteiger partial charge in [-0.05, 0) is 11.6 Å². The van der Waals surface area contributed by atoms with Gasteiger partial charge < -0.3 is 9.67 Å². The first-order valence-electron chi connectivity index (χ1n) is 5.36. The molecule has 86 valence electrons. The molecule has 0 unspecified atom stereocenters. The molecule has 3 nitrogen and oxygen atoms in total. The number of rotatable bonds is 4. The summed E-state index contributed by atoms with van der Waals surface area (Å²) in [6.07, 6.45) is 7.40. The van der Waals surface area contributed by atoms with Crippen LogP contribution in [-0.4, -0.2) is 15.6 Å². The lowest BCUT2D eigenvalue weighted by atomic mass is 10.2. The van der Waals surface area contributed by atoms with E-state index in [4.69, 9.17) is 5.11 Å². The van der Waals surface area contributed by atoms with E-state index in [1.54, 1.807) is 18.5 Å². The van der Waals surface area contributed by atoms with Gasteiger partial charge in [-0.15, -0.1) is 0 Å². The van der Waals surface area contributed by atoms with Crippen molar-refractivity contribution in [1.29, 1.82) is 0 Å². The van der Waals surface area contributed by atoms with Crippen molar-refractivity contribution < 1.29 is 9.90 Å². The van der Waals surface area contributed by atoms with Gasteiger partial charge in [-0.3, -0.25) is 0 Å². The lowest BCUT2D eigenvalue weighted by Gasteiger charge is -1.96. The van der Waals surface area contributed by atoms with Gasteiger partial charge in [-0.2, -0.15) is 0 Å². The van der Waals surface area contributed by atoms with E-state index in [-0.39, 0.29) is 0 Å². The molecule has 0 radical (unpaired) electrons. The molecule has 0 fully saturated rings. The predicted octanol–water partition coefficient (Wildman–Crippen LogP) is 2.90. The highest BCUT2D eigenvalue weighted by Gasteiger charge is 2.02. The number of nitrogens with zero attached hydrogens (tertiary/aromatic N) is 1. The first-order chi connectivity index (χ1) is 8.25. The normalized spacial score (nSPS) is 10.8. The molecule has 0 atom stereocenters. The van der Waals surface area contributed by atoms with Gasteiger partial charge in [0.1, 0.15) is 0 Å². The van der Waals surface area contributed by atoms with Crippen molar-refractivity contribution in [3.8, 4) is 0 Å². The summed E-state index contributed by atoms with van der Waals surface area (Å²) in [5.74, 6) is -0.893. The second kappa shape index (κ2) is 5.16. The van der Waals surface area contributed by atoms with Crippen molar-refractivity contribution in [3.63, 3.8) is 0 Å². The summed E-state index contributed by atoms with van der Waals surface area (Å²) in [6, 6.07) is 11.6. The zero-order valence-corrected chi connectivity index (χ0v) is 9.28. The quantitative estimate of drug-likeness (QED) is 0.872. The molecule has 1 heterocycles. The van der Waals surface area contributed by atoms with Crippen molar-refractivity contribution in [1.82, 2.24) is 4.57 Å². The molecule has 1 N–H and O–H groups in total. The fraction of sp³-hybridized carbons (Fsp3) is 0.0714. The van der Waals surface area contributed by atoms with E-state index in [1.807, 2.05) is 47.1 Å². The van der Waals surface area contributed by atoms with E-state index in [9.17, 15) is 4.79 Å². The smallest absolute Gasteiger partial charge is 0.337 e. The fourth-order valence-corrected chi connectivity index (χ4v) is 1.56. The summed E-state index contributed by atoms with van der Waals surface area (Å²) < 4.78 is 1.84. The third-order valence-electron chi connectivity index (χ3n) is 2.42. The molecule has 0 aliphatic rings. The van der Waals surface area contributed by atoms with E-state index in [0.717, 1.165) is 5.56 Å². The van der Waals surface area contributed by atoms with E-state index < -0.39 is 5.97 Å². The number of hydrogen-bond acceptors (Lipinski definition) is 1. The van der Waals surface area contributed by atoms with Crippen molar-refractivity contribution in [2.24, 2.45) is 0 Å². The Labute approximate surface area is 99.6 Å². The Morgan fingerprint density at radius 1 is 1.24 bits per heavy atom. The van der Waals surface area contributed by atoms with Gasteiger partial charge in [0, 0.05) is 18.9 Å². The number of carboxylic acid groups (broad SMARTS) is 1. The van der Waals surface area contributed by atoms with Crippen LogP contribution in [0.1, 0.15) is 15.9 Å². The number of aromatic carboxylic acids is 1. The maximum absolute atomic E-state index is 10.7. The monoisotopic (exact) mass is 227 g/mol. The highest BCUT2D eigenvalue weighted by molar-refractivity contribution is 5.87. The molecule has 0 aliphatic carbocycles. The first kappa shape index (κ1) is 11.2. The minimum absolute atomic E-state index is 0.318. The third-order valence-corrected chi connectivity index (χ3v) is 2.42. The number of carbonyl (C=O) groups is 1. The average Bonchev–Trinajstić information content (AvgIpc) is 2.79. The molecule has 0 aliphatic heterocycles. The minimum atomic E-state index is -0.893. The SMILES string of the molecule is O=C(O)c1ccn(C/C=C/c2ccccc2)c1. The summed E-state index contributed by atoms with van der Waals surface area (Å²) in [7, 11) is 0. The Bertz CT molecular complexity index is 526. The summed E-state index contributed by atoms with van der Waals surface area (Å²) >= 11 is 0. The highest BCUT2D eigenvalue weighted by atomic mass is 16.4. The van der Waals surface area contributed by atoms with Crippen LogP contribution in [0.5, 0.6) is 0 Å². The topological polar surface area (TPSA) is 42.2 Å². The maximum Gasteiger partial charge on any atom is 0.337 e. The number of hydrogen-bond donors (Lipinski definition) is 1. The Kier molecular flexibility index (Phi) is 3.40. The summed E-state index contributed by atoms with van der Waals surface area (Å²) in [5.41, 5.74) is 1.45. The zero-order chi connectivity index (χ0) is 12.1. The summed E-state index contributed by atoms with van der Waals surface area (Å²) in [4.78, 5) is 10.7. The number of aromatic nitrogens is 1. The van der Waals surface area contributed by atoms with Crippen LogP contribution in [0.3, 0.4) is 0 Å². The van der Waals surface area contributed by atoms with Crippen molar-refractivity contribution in [2.75, 3.05) is 0 Å². The lowest BCUT2D eigenvalue weighted by Crippen LogP contribution is -1.94. The molecule has 0 amide bonds. The van der Waals surface area contributed by atoms with E-state index in [1.165, 1.54) is 0 Å². The number of carboxylic acids is 1. The maximum atomic E-state index is 10.7. The highest BCUT2D eigenvalue weighted by Crippen LogP contribution is 2.04. The molecule has 0 saturated carbocycles. The van der Waals surface area contributed by atoms with Crippen LogP contribution in [0.4, 0.5) is 0 Å². The summed E-state index contributed by atoms with van der Waals surface area (Å²) in [5, 5.41) is 8.77. The fourth-order valence-electron chi connectivity index (χ4n) is 1.56. The molecular weight excluding hydrogens is 214 g/mol. The lowest BCUT2D eigenvalue weighted by molar-refractivity contribution is 0.0697. The third kappa shape index (κ3) is 3.08. The van der Waals surface area contributed by atoms with Crippen LogP contribution in [0.15, 0.2) is 54.9 Å². The molecule has 0 bridgehead atoms. The van der Waals surface area contributed by atoms with Gasteiger partial charge in [-0.1, -0.05) is 42.5 Å².